The van der Waals surface area contributed by atoms with Gasteiger partial charge in [-0.3, -0.25) is 10.1 Å². The van der Waals surface area contributed by atoms with E-state index in [9.17, 15) is 4.79 Å². The van der Waals surface area contributed by atoms with Crippen molar-refractivity contribution < 1.29 is 13.6 Å². The van der Waals surface area contributed by atoms with E-state index in [1.807, 2.05) is 48.5 Å². The van der Waals surface area contributed by atoms with Crippen LogP contribution in [0.2, 0.25) is 0 Å². The molecule has 7 heteroatoms. The van der Waals surface area contributed by atoms with E-state index < -0.39 is 0 Å². The fourth-order valence-corrected chi connectivity index (χ4v) is 2.77. The van der Waals surface area contributed by atoms with E-state index in [-0.39, 0.29) is 11.0 Å². The minimum atomic E-state index is -0.350. The number of hydrogen-bond acceptors (Lipinski definition) is 5. The number of rotatable bonds is 4. The molecule has 0 aliphatic rings. The van der Waals surface area contributed by atoms with Gasteiger partial charge in [-0.1, -0.05) is 12.1 Å². The van der Waals surface area contributed by atoms with E-state index in [0.29, 0.717) is 11.7 Å². The summed E-state index contributed by atoms with van der Waals surface area (Å²) in [5, 5.41) is 5.74. The fraction of sp³-hybridized carbons (Fsp3) is 0. The van der Waals surface area contributed by atoms with Crippen molar-refractivity contribution in [2.24, 2.45) is 0 Å². The van der Waals surface area contributed by atoms with Crippen molar-refractivity contribution in [3.8, 4) is 11.5 Å². The van der Waals surface area contributed by atoms with Gasteiger partial charge in [0, 0.05) is 17.3 Å². The quantitative estimate of drug-likeness (QED) is 0.392. The highest BCUT2D eigenvalue weighted by molar-refractivity contribution is 7.80. The number of nitrogens with one attached hydrogen (secondary N) is 2. The molecule has 0 saturated carbocycles. The van der Waals surface area contributed by atoms with Gasteiger partial charge in [-0.25, -0.2) is 4.98 Å². The second kappa shape index (κ2) is 7.89. The molecule has 2 N–H and O–H groups in total. The van der Waals surface area contributed by atoms with Crippen LogP contribution in [-0.2, 0) is 4.79 Å². The third-order valence-electron chi connectivity index (χ3n) is 3.86. The van der Waals surface area contributed by atoms with Crippen molar-refractivity contribution in [3.63, 3.8) is 0 Å². The maximum absolute atomic E-state index is 11.9. The van der Waals surface area contributed by atoms with Gasteiger partial charge in [0.25, 0.3) is 0 Å². The number of benzene rings is 2. The second-order valence-corrected chi connectivity index (χ2v) is 6.26. The van der Waals surface area contributed by atoms with Gasteiger partial charge in [-0.2, -0.15) is 0 Å². The minimum Gasteiger partial charge on any atom is -0.465 e. The van der Waals surface area contributed by atoms with Crippen LogP contribution in [0.15, 0.2) is 81.8 Å². The van der Waals surface area contributed by atoms with Crippen molar-refractivity contribution in [2.45, 2.75) is 0 Å². The van der Waals surface area contributed by atoms with Crippen molar-refractivity contribution in [1.82, 2.24) is 10.3 Å². The standard InChI is InChI=1S/C21H15N3O3S/c25-19(12-11-16-4-3-13-26-16)24-21(28)22-15-9-7-14(8-10-15)20-23-17-5-1-2-6-18(17)27-20/h1-13H,(H2,22,24,25,28). The highest BCUT2D eigenvalue weighted by atomic mass is 32.1. The van der Waals surface area contributed by atoms with E-state index in [1.54, 1.807) is 18.2 Å². The number of nitrogens with zero attached hydrogens (tertiary/aromatic N) is 1. The van der Waals surface area contributed by atoms with Crippen molar-refractivity contribution in [1.29, 1.82) is 0 Å². The maximum atomic E-state index is 11.9. The third-order valence-corrected chi connectivity index (χ3v) is 4.07. The van der Waals surface area contributed by atoms with Gasteiger partial charge in [0.05, 0.1) is 6.26 Å². The second-order valence-electron chi connectivity index (χ2n) is 5.86. The van der Waals surface area contributed by atoms with Gasteiger partial charge in [-0.15, -0.1) is 0 Å². The van der Waals surface area contributed by atoms with E-state index in [0.717, 1.165) is 22.4 Å². The lowest BCUT2D eigenvalue weighted by atomic mass is 10.2. The van der Waals surface area contributed by atoms with E-state index in [1.165, 1.54) is 12.3 Å². The van der Waals surface area contributed by atoms with Crippen LogP contribution in [0, 0.1) is 0 Å². The van der Waals surface area contributed by atoms with Gasteiger partial charge in [-0.05, 0) is 66.8 Å². The van der Waals surface area contributed by atoms with Gasteiger partial charge in [0.2, 0.25) is 11.8 Å². The lowest BCUT2D eigenvalue weighted by molar-refractivity contribution is -0.115. The zero-order chi connectivity index (χ0) is 19.3. The first-order valence-electron chi connectivity index (χ1n) is 8.47. The highest BCUT2D eigenvalue weighted by Gasteiger charge is 2.08. The summed E-state index contributed by atoms with van der Waals surface area (Å²) in [6, 6.07) is 18.5. The number of hydrogen-bond donors (Lipinski definition) is 2. The van der Waals surface area contributed by atoms with Gasteiger partial charge in [0.15, 0.2) is 10.7 Å². The molecule has 138 valence electrons. The lowest BCUT2D eigenvalue weighted by Gasteiger charge is -2.08. The van der Waals surface area contributed by atoms with Crippen LogP contribution >= 0.6 is 12.2 Å². The number of carbonyl (C=O) groups excluding carboxylic acids is 1. The van der Waals surface area contributed by atoms with Gasteiger partial charge >= 0.3 is 0 Å². The molecule has 0 bridgehead atoms. The fourth-order valence-electron chi connectivity index (χ4n) is 2.55. The average Bonchev–Trinajstić information content (AvgIpc) is 3.36. The predicted octanol–water partition coefficient (Wildman–Crippen LogP) is 4.61. The van der Waals surface area contributed by atoms with Crippen molar-refractivity contribution in [3.05, 3.63) is 78.8 Å². The summed E-state index contributed by atoms with van der Waals surface area (Å²) in [4.78, 5) is 16.3. The summed E-state index contributed by atoms with van der Waals surface area (Å²) in [6.07, 6.45) is 4.45. The summed E-state index contributed by atoms with van der Waals surface area (Å²) >= 11 is 5.17. The number of thiocarbonyl (C=S) groups is 1. The monoisotopic (exact) mass is 389 g/mol. The molecule has 0 atom stereocenters. The summed E-state index contributed by atoms with van der Waals surface area (Å²) in [5.74, 6) is 0.785. The first kappa shape index (κ1) is 17.7. The number of aromatic nitrogens is 1. The molecule has 4 rings (SSSR count). The molecule has 0 saturated heterocycles. The Labute approximate surface area is 165 Å². The highest BCUT2D eigenvalue weighted by Crippen LogP contribution is 2.25. The first-order valence-corrected chi connectivity index (χ1v) is 8.88. The molecular weight excluding hydrogens is 374 g/mol. The Kier molecular flexibility index (Phi) is 4.99. The maximum Gasteiger partial charge on any atom is 0.250 e. The molecule has 0 aliphatic carbocycles. The van der Waals surface area contributed by atoms with E-state index in [2.05, 4.69) is 15.6 Å². The molecule has 28 heavy (non-hydrogen) atoms. The molecule has 0 unspecified atom stereocenters. The molecule has 6 nitrogen and oxygen atoms in total. The van der Waals surface area contributed by atoms with Gasteiger partial charge in [0.1, 0.15) is 11.3 Å². The third kappa shape index (κ3) is 4.16. The van der Waals surface area contributed by atoms with Crippen LogP contribution in [0.25, 0.3) is 28.6 Å². The first-order chi connectivity index (χ1) is 13.7. The minimum absolute atomic E-state index is 0.198. The summed E-state index contributed by atoms with van der Waals surface area (Å²) in [6.45, 7) is 0. The number of fused-ring (bicyclic) bond motifs is 1. The number of furan rings is 1. The molecular formula is C21H15N3O3S. The normalized spacial score (nSPS) is 11.0. The average molecular weight is 389 g/mol. The number of para-hydroxylation sites is 2. The Hall–Kier alpha value is -3.71. The molecule has 2 aromatic carbocycles. The number of oxazole rings is 1. The zero-order valence-corrected chi connectivity index (χ0v) is 15.4. The SMILES string of the molecule is O=C(C=Cc1ccco1)NC(=S)Nc1ccc(-c2nc3ccccc3o2)cc1. The largest absolute Gasteiger partial charge is 0.465 e. The Morgan fingerprint density at radius 3 is 2.61 bits per heavy atom. The van der Waals surface area contributed by atoms with E-state index >= 15 is 0 Å². The molecule has 0 aliphatic heterocycles. The smallest absolute Gasteiger partial charge is 0.250 e. The number of carbonyl (C=O) groups is 1. The topological polar surface area (TPSA) is 80.3 Å². The van der Waals surface area contributed by atoms with Crippen molar-refractivity contribution >= 4 is 46.1 Å². The van der Waals surface area contributed by atoms with Crippen LogP contribution in [0.1, 0.15) is 5.76 Å². The van der Waals surface area contributed by atoms with Crippen LogP contribution in [0.5, 0.6) is 0 Å². The molecule has 0 fully saturated rings. The summed E-state index contributed by atoms with van der Waals surface area (Å²) in [7, 11) is 0. The van der Waals surface area contributed by atoms with Crippen molar-refractivity contribution in [2.75, 3.05) is 5.32 Å². The number of amides is 1. The van der Waals surface area contributed by atoms with E-state index in [4.69, 9.17) is 21.1 Å². The molecule has 2 heterocycles. The molecule has 1 amide bonds. The van der Waals surface area contributed by atoms with Gasteiger partial charge < -0.3 is 14.2 Å². The molecule has 0 spiro atoms. The molecule has 0 radical (unpaired) electrons. The summed E-state index contributed by atoms with van der Waals surface area (Å²) < 4.78 is 10.9. The van der Waals surface area contributed by atoms with Crippen LogP contribution in [0.3, 0.4) is 0 Å². The lowest BCUT2D eigenvalue weighted by Crippen LogP contribution is -2.32. The zero-order valence-electron chi connectivity index (χ0n) is 14.6. The predicted molar refractivity (Wildman–Crippen MR) is 112 cm³/mol. The Bertz CT molecular complexity index is 1110. The molecule has 4 aromatic rings. The molecule has 2 aromatic heterocycles. The number of anilines is 1. The van der Waals surface area contributed by atoms with Crippen LogP contribution in [-0.4, -0.2) is 16.0 Å². The Balaban J connectivity index is 1.37. The Morgan fingerprint density at radius 2 is 1.86 bits per heavy atom. The summed E-state index contributed by atoms with van der Waals surface area (Å²) in [5.41, 5.74) is 3.13. The Morgan fingerprint density at radius 1 is 1.04 bits per heavy atom. The van der Waals surface area contributed by atoms with Crippen LogP contribution in [0.4, 0.5) is 5.69 Å². The van der Waals surface area contributed by atoms with Crippen LogP contribution < -0.4 is 10.6 Å².